The Balaban J connectivity index is 2.39. The largest absolute Gasteiger partial charge is 0.467 e. The molecule has 1 amide bonds. The lowest BCUT2D eigenvalue weighted by Crippen LogP contribution is -2.46. The number of benzene rings is 1. The van der Waals surface area contributed by atoms with E-state index in [-0.39, 0.29) is 12.5 Å². The molecule has 0 heterocycles. The maximum atomic E-state index is 11.6. The molecule has 0 saturated carbocycles. The van der Waals surface area contributed by atoms with Gasteiger partial charge in [0.05, 0.1) is 7.11 Å². The Labute approximate surface area is 106 Å². The van der Waals surface area contributed by atoms with Crippen molar-refractivity contribution in [1.29, 1.82) is 0 Å². The molecule has 1 aromatic rings. The molecule has 18 heavy (non-hydrogen) atoms. The highest BCUT2D eigenvalue weighted by atomic mass is 16.5. The molecule has 3 N–H and O–H groups in total. The highest BCUT2D eigenvalue weighted by Crippen LogP contribution is 2.02. The first-order valence-corrected chi connectivity index (χ1v) is 5.78. The third-order valence-corrected chi connectivity index (χ3v) is 2.54. The Morgan fingerprint density at radius 3 is 2.56 bits per heavy atom. The van der Waals surface area contributed by atoms with Gasteiger partial charge in [-0.05, 0) is 12.0 Å². The quantitative estimate of drug-likeness (QED) is 0.708. The summed E-state index contributed by atoms with van der Waals surface area (Å²) in [5.41, 5.74) is 6.47. The lowest BCUT2D eigenvalue weighted by atomic mass is 10.1. The van der Waals surface area contributed by atoms with Gasteiger partial charge in [0.2, 0.25) is 5.91 Å². The number of methoxy groups -OCH3 is 1. The standard InChI is InChI=1S/C13H18N2O3/c1-18-13(17)11(9-14)15-12(16)8-7-10-5-3-2-4-6-10/h2-6,11H,7-9,14H2,1H3,(H,15,16)/t11-/m0/s1. The van der Waals surface area contributed by atoms with E-state index in [4.69, 9.17) is 5.73 Å². The van der Waals surface area contributed by atoms with Gasteiger partial charge in [0.1, 0.15) is 6.04 Å². The summed E-state index contributed by atoms with van der Waals surface area (Å²) in [7, 11) is 1.26. The van der Waals surface area contributed by atoms with Crippen molar-refractivity contribution in [2.45, 2.75) is 18.9 Å². The van der Waals surface area contributed by atoms with Gasteiger partial charge in [-0.1, -0.05) is 30.3 Å². The summed E-state index contributed by atoms with van der Waals surface area (Å²) in [6, 6.07) is 8.90. The fourth-order valence-corrected chi connectivity index (χ4v) is 1.53. The van der Waals surface area contributed by atoms with Crippen molar-refractivity contribution in [3.63, 3.8) is 0 Å². The van der Waals surface area contributed by atoms with E-state index in [9.17, 15) is 9.59 Å². The maximum Gasteiger partial charge on any atom is 0.329 e. The van der Waals surface area contributed by atoms with Crippen molar-refractivity contribution < 1.29 is 14.3 Å². The predicted octanol–water partition coefficient (Wildman–Crippen LogP) is 0.236. The summed E-state index contributed by atoms with van der Waals surface area (Å²) in [5, 5.41) is 2.55. The van der Waals surface area contributed by atoms with Crippen LogP contribution >= 0.6 is 0 Å². The van der Waals surface area contributed by atoms with Gasteiger partial charge in [0.25, 0.3) is 0 Å². The minimum atomic E-state index is -0.765. The summed E-state index contributed by atoms with van der Waals surface area (Å²) >= 11 is 0. The highest BCUT2D eigenvalue weighted by molar-refractivity contribution is 5.84. The van der Waals surface area contributed by atoms with E-state index < -0.39 is 12.0 Å². The third-order valence-electron chi connectivity index (χ3n) is 2.54. The number of esters is 1. The monoisotopic (exact) mass is 250 g/mol. The third kappa shape index (κ3) is 4.55. The second kappa shape index (κ2) is 7.45. The molecule has 98 valence electrons. The van der Waals surface area contributed by atoms with Gasteiger partial charge in [-0.2, -0.15) is 0 Å². The number of carbonyl (C=O) groups excluding carboxylic acids is 2. The molecule has 0 unspecified atom stereocenters. The van der Waals surface area contributed by atoms with E-state index in [0.717, 1.165) is 5.56 Å². The van der Waals surface area contributed by atoms with Crippen LogP contribution in [0.2, 0.25) is 0 Å². The zero-order valence-electron chi connectivity index (χ0n) is 10.4. The average molecular weight is 250 g/mol. The summed E-state index contributed by atoms with van der Waals surface area (Å²) in [4.78, 5) is 22.9. The van der Waals surface area contributed by atoms with Crippen LogP contribution in [-0.4, -0.2) is 31.6 Å². The smallest absolute Gasteiger partial charge is 0.329 e. The Hall–Kier alpha value is -1.88. The van der Waals surface area contributed by atoms with Gasteiger partial charge >= 0.3 is 5.97 Å². The first-order valence-electron chi connectivity index (χ1n) is 5.78. The van der Waals surface area contributed by atoms with Crippen molar-refractivity contribution in [1.82, 2.24) is 5.32 Å². The van der Waals surface area contributed by atoms with E-state index in [1.807, 2.05) is 30.3 Å². The Kier molecular flexibility index (Phi) is 5.87. The fourth-order valence-electron chi connectivity index (χ4n) is 1.53. The summed E-state index contributed by atoms with van der Waals surface area (Å²) < 4.78 is 4.53. The van der Waals surface area contributed by atoms with E-state index >= 15 is 0 Å². The first-order chi connectivity index (χ1) is 8.67. The molecule has 0 bridgehead atoms. The van der Waals surface area contributed by atoms with E-state index in [1.54, 1.807) is 0 Å². The minimum Gasteiger partial charge on any atom is -0.467 e. The van der Waals surface area contributed by atoms with Crippen molar-refractivity contribution in [3.05, 3.63) is 35.9 Å². The zero-order valence-corrected chi connectivity index (χ0v) is 10.4. The van der Waals surface area contributed by atoms with Crippen LogP contribution in [0.15, 0.2) is 30.3 Å². The van der Waals surface area contributed by atoms with Gasteiger partial charge in [-0.25, -0.2) is 4.79 Å². The van der Waals surface area contributed by atoms with Crippen LogP contribution in [0.5, 0.6) is 0 Å². The molecular weight excluding hydrogens is 232 g/mol. The zero-order chi connectivity index (χ0) is 13.4. The van der Waals surface area contributed by atoms with Crippen LogP contribution in [0, 0.1) is 0 Å². The van der Waals surface area contributed by atoms with Gasteiger partial charge in [-0.15, -0.1) is 0 Å². The van der Waals surface area contributed by atoms with Gasteiger partial charge in [0, 0.05) is 13.0 Å². The molecule has 5 nitrogen and oxygen atoms in total. The Morgan fingerprint density at radius 2 is 2.00 bits per heavy atom. The summed E-state index contributed by atoms with van der Waals surface area (Å²) in [6.07, 6.45) is 0.947. The number of nitrogens with one attached hydrogen (secondary N) is 1. The molecule has 0 aliphatic heterocycles. The summed E-state index contributed by atoms with van der Waals surface area (Å²) in [6.45, 7) is 0.0315. The first kappa shape index (κ1) is 14.2. The fraction of sp³-hybridized carbons (Fsp3) is 0.385. The van der Waals surface area contributed by atoms with Gasteiger partial charge in [-0.3, -0.25) is 4.79 Å². The molecule has 1 atom stereocenters. The topological polar surface area (TPSA) is 81.4 Å². The Bertz CT molecular complexity index is 392. The number of ether oxygens (including phenoxy) is 1. The van der Waals surface area contributed by atoms with Crippen molar-refractivity contribution >= 4 is 11.9 Å². The van der Waals surface area contributed by atoms with Crippen molar-refractivity contribution in [2.75, 3.05) is 13.7 Å². The van der Waals surface area contributed by atoms with Crippen LogP contribution in [0.4, 0.5) is 0 Å². The number of carbonyl (C=O) groups is 2. The molecule has 0 radical (unpaired) electrons. The number of rotatable bonds is 6. The lowest BCUT2D eigenvalue weighted by Gasteiger charge is -2.14. The molecule has 1 aromatic carbocycles. The van der Waals surface area contributed by atoms with Gasteiger partial charge < -0.3 is 15.8 Å². The predicted molar refractivity (Wildman–Crippen MR) is 67.8 cm³/mol. The molecule has 0 aliphatic carbocycles. The molecule has 0 aromatic heterocycles. The number of nitrogens with two attached hydrogens (primary N) is 1. The second-order valence-electron chi connectivity index (χ2n) is 3.86. The van der Waals surface area contributed by atoms with E-state index in [0.29, 0.717) is 12.8 Å². The molecule has 5 heteroatoms. The summed E-state index contributed by atoms with van der Waals surface area (Å²) in [5.74, 6) is -0.731. The molecule has 0 saturated heterocycles. The molecule has 0 fully saturated rings. The maximum absolute atomic E-state index is 11.6. The van der Waals surface area contributed by atoms with Crippen molar-refractivity contribution in [2.24, 2.45) is 5.73 Å². The molecule has 1 rings (SSSR count). The second-order valence-corrected chi connectivity index (χ2v) is 3.86. The van der Waals surface area contributed by atoms with Crippen LogP contribution < -0.4 is 11.1 Å². The van der Waals surface area contributed by atoms with Crippen LogP contribution in [0.25, 0.3) is 0 Å². The SMILES string of the molecule is COC(=O)[C@H](CN)NC(=O)CCc1ccccc1. The molecule has 0 spiro atoms. The minimum absolute atomic E-state index is 0.0315. The number of hydrogen-bond acceptors (Lipinski definition) is 4. The molecular formula is C13H18N2O3. The molecule has 0 aliphatic rings. The van der Waals surface area contributed by atoms with Crippen LogP contribution in [0.1, 0.15) is 12.0 Å². The van der Waals surface area contributed by atoms with Crippen LogP contribution in [-0.2, 0) is 20.7 Å². The lowest BCUT2D eigenvalue weighted by molar-refractivity contribution is -0.144. The number of amides is 1. The van der Waals surface area contributed by atoms with Crippen molar-refractivity contribution in [3.8, 4) is 0 Å². The highest BCUT2D eigenvalue weighted by Gasteiger charge is 2.19. The number of aryl methyl sites for hydroxylation is 1. The van der Waals surface area contributed by atoms with E-state index in [1.165, 1.54) is 7.11 Å². The Morgan fingerprint density at radius 1 is 1.33 bits per heavy atom. The van der Waals surface area contributed by atoms with Gasteiger partial charge in [0.15, 0.2) is 0 Å². The van der Waals surface area contributed by atoms with E-state index in [2.05, 4.69) is 10.1 Å². The number of hydrogen-bond donors (Lipinski definition) is 2. The van der Waals surface area contributed by atoms with Crippen LogP contribution in [0.3, 0.4) is 0 Å². The average Bonchev–Trinajstić information content (AvgIpc) is 2.42. The normalized spacial score (nSPS) is 11.7.